The highest BCUT2D eigenvalue weighted by atomic mass is 32.2. The van der Waals surface area contributed by atoms with Gasteiger partial charge in [0.2, 0.25) is 5.91 Å². The van der Waals surface area contributed by atoms with E-state index in [9.17, 15) is 13.2 Å². The maximum absolute atomic E-state index is 12.2. The minimum atomic E-state index is -2.94. The van der Waals surface area contributed by atoms with Gasteiger partial charge in [0.1, 0.15) is 0 Å². The summed E-state index contributed by atoms with van der Waals surface area (Å²) in [6.45, 7) is 2.83. The number of nitrogens with zero attached hydrogens (tertiary/aromatic N) is 2. The number of sulfone groups is 1. The molecule has 1 aliphatic rings. The number of nitrogens with one attached hydrogen (secondary N) is 1. The van der Waals surface area contributed by atoms with E-state index in [4.69, 9.17) is 5.26 Å². The molecule has 1 aromatic carbocycles. The van der Waals surface area contributed by atoms with Crippen molar-refractivity contribution in [1.82, 2.24) is 4.90 Å². The molecule has 0 aliphatic carbocycles. The minimum absolute atomic E-state index is 0.0611. The highest BCUT2D eigenvalue weighted by Crippen LogP contribution is 2.28. The predicted octanol–water partition coefficient (Wildman–Crippen LogP) is 1.61. The van der Waals surface area contributed by atoms with Crippen molar-refractivity contribution >= 4 is 33.2 Å². The molecule has 1 N–H and O–H groups in total. The van der Waals surface area contributed by atoms with Crippen molar-refractivity contribution in [3.05, 3.63) is 24.3 Å². The van der Waals surface area contributed by atoms with Crippen LogP contribution in [0, 0.1) is 17.2 Å². The largest absolute Gasteiger partial charge is 0.324 e. The second-order valence-electron chi connectivity index (χ2n) is 5.81. The highest BCUT2D eigenvalue weighted by Gasteiger charge is 2.23. The van der Waals surface area contributed by atoms with Crippen LogP contribution >= 0.6 is 11.8 Å². The molecular formula is C16H21N3O3S2. The molecule has 0 unspecified atom stereocenters. The van der Waals surface area contributed by atoms with Gasteiger partial charge in [-0.1, -0.05) is 12.1 Å². The van der Waals surface area contributed by atoms with Crippen molar-refractivity contribution in [2.75, 3.05) is 42.2 Å². The molecule has 8 heteroatoms. The lowest BCUT2D eigenvalue weighted by Gasteiger charge is -2.25. The standard InChI is InChI=1S/C16H21N3O3S2/c1-13(10-17)12-23-15-5-3-2-4-14(15)18-16(20)11-19-6-8-24(21,22)9-7-19/h2-5,13H,6-9,11-12H2,1H3,(H,18,20)/t13-/m1/s1. The van der Waals surface area contributed by atoms with Gasteiger partial charge >= 0.3 is 0 Å². The van der Waals surface area contributed by atoms with Crippen LogP contribution in [-0.2, 0) is 14.6 Å². The summed E-state index contributed by atoms with van der Waals surface area (Å²) in [7, 11) is -2.94. The van der Waals surface area contributed by atoms with Crippen molar-refractivity contribution in [2.45, 2.75) is 11.8 Å². The Bertz CT molecular complexity index is 714. The number of benzene rings is 1. The Labute approximate surface area is 147 Å². The molecule has 1 atom stereocenters. The Balaban J connectivity index is 1.91. The van der Waals surface area contributed by atoms with Crippen LogP contribution in [0.2, 0.25) is 0 Å². The molecule has 24 heavy (non-hydrogen) atoms. The maximum Gasteiger partial charge on any atom is 0.238 e. The molecule has 0 aromatic heterocycles. The van der Waals surface area contributed by atoms with Crippen LogP contribution in [0.5, 0.6) is 0 Å². The molecule has 1 amide bonds. The quantitative estimate of drug-likeness (QED) is 0.768. The van der Waals surface area contributed by atoms with Gasteiger partial charge in [0.25, 0.3) is 0 Å². The lowest BCUT2D eigenvalue weighted by Crippen LogP contribution is -2.43. The fourth-order valence-corrected chi connectivity index (χ4v) is 4.48. The number of rotatable bonds is 6. The molecule has 130 valence electrons. The summed E-state index contributed by atoms with van der Waals surface area (Å²) in [5, 5.41) is 11.8. The molecule has 1 fully saturated rings. The lowest BCUT2D eigenvalue weighted by atomic mass is 10.3. The molecule has 0 saturated carbocycles. The SMILES string of the molecule is C[C@H](C#N)CSc1ccccc1NC(=O)CN1CCS(=O)(=O)CC1. The topological polar surface area (TPSA) is 90.3 Å². The fraction of sp³-hybridized carbons (Fsp3) is 0.500. The smallest absolute Gasteiger partial charge is 0.238 e. The second-order valence-corrected chi connectivity index (χ2v) is 9.18. The third-order valence-corrected chi connectivity index (χ3v) is 6.62. The average molecular weight is 367 g/mol. The summed E-state index contributed by atoms with van der Waals surface area (Å²) in [6.07, 6.45) is 0. The Morgan fingerprint density at radius 2 is 2.04 bits per heavy atom. The monoisotopic (exact) mass is 367 g/mol. The number of anilines is 1. The van der Waals surface area contributed by atoms with Crippen molar-refractivity contribution in [2.24, 2.45) is 5.92 Å². The van der Waals surface area contributed by atoms with Crippen LogP contribution < -0.4 is 5.32 Å². The normalized spacial score (nSPS) is 18.5. The zero-order valence-corrected chi connectivity index (χ0v) is 15.2. The van der Waals surface area contributed by atoms with E-state index in [1.165, 1.54) is 11.8 Å². The Kier molecular flexibility index (Phi) is 6.66. The molecule has 1 aromatic rings. The Morgan fingerprint density at radius 3 is 2.71 bits per heavy atom. The van der Waals surface area contributed by atoms with Crippen LogP contribution in [0.4, 0.5) is 5.69 Å². The van der Waals surface area contributed by atoms with E-state index in [0.717, 1.165) is 10.6 Å². The van der Waals surface area contributed by atoms with Gasteiger partial charge in [-0.05, 0) is 19.1 Å². The van der Waals surface area contributed by atoms with E-state index < -0.39 is 9.84 Å². The molecule has 0 radical (unpaired) electrons. The van der Waals surface area contributed by atoms with Gasteiger partial charge in [0.05, 0.1) is 35.7 Å². The third kappa shape index (κ3) is 5.82. The zero-order chi connectivity index (χ0) is 17.6. The number of hydrogen-bond acceptors (Lipinski definition) is 6. The number of nitriles is 1. The second kappa shape index (κ2) is 8.51. The van der Waals surface area contributed by atoms with Gasteiger partial charge in [-0.3, -0.25) is 9.69 Å². The van der Waals surface area contributed by atoms with Gasteiger partial charge in [0, 0.05) is 23.7 Å². The Hall–Kier alpha value is -1.56. The minimum Gasteiger partial charge on any atom is -0.324 e. The fourth-order valence-electron chi connectivity index (χ4n) is 2.25. The summed E-state index contributed by atoms with van der Waals surface area (Å²) in [5.41, 5.74) is 0.724. The van der Waals surface area contributed by atoms with Crippen molar-refractivity contribution in [3.8, 4) is 6.07 Å². The number of hydrogen-bond donors (Lipinski definition) is 1. The number of carbonyl (C=O) groups excluding carboxylic acids is 1. The first kappa shape index (κ1) is 18.8. The highest BCUT2D eigenvalue weighted by molar-refractivity contribution is 7.99. The van der Waals surface area contributed by atoms with Crippen LogP contribution in [-0.4, -0.2) is 56.1 Å². The van der Waals surface area contributed by atoms with Crippen LogP contribution in [0.15, 0.2) is 29.2 Å². The van der Waals surface area contributed by atoms with Crippen molar-refractivity contribution in [3.63, 3.8) is 0 Å². The third-order valence-electron chi connectivity index (χ3n) is 3.67. The molecule has 0 bridgehead atoms. The van der Waals surface area contributed by atoms with Crippen molar-refractivity contribution in [1.29, 1.82) is 5.26 Å². The van der Waals surface area contributed by atoms with E-state index in [-0.39, 0.29) is 29.9 Å². The maximum atomic E-state index is 12.2. The summed E-state index contributed by atoms with van der Waals surface area (Å²) in [4.78, 5) is 15.0. The van der Waals surface area contributed by atoms with E-state index in [2.05, 4.69) is 11.4 Å². The Morgan fingerprint density at radius 1 is 1.38 bits per heavy atom. The molecule has 6 nitrogen and oxygen atoms in total. The summed E-state index contributed by atoms with van der Waals surface area (Å²) in [6, 6.07) is 9.68. The van der Waals surface area contributed by atoms with Gasteiger partial charge in [-0.15, -0.1) is 11.8 Å². The van der Waals surface area contributed by atoms with Gasteiger partial charge in [-0.25, -0.2) is 8.42 Å². The number of carbonyl (C=O) groups is 1. The van der Waals surface area contributed by atoms with E-state index in [1.807, 2.05) is 36.1 Å². The number of amides is 1. The first-order valence-corrected chi connectivity index (χ1v) is 10.5. The molecule has 0 spiro atoms. The van der Waals surface area contributed by atoms with Crippen molar-refractivity contribution < 1.29 is 13.2 Å². The molecule has 1 aliphatic heterocycles. The van der Waals surface area contributed by atoms with Crippen LogP contribution in [0.3, 0.4) is 0 Å². The summed E-state index contributed by atoms with van der Waals surface area (Å²) >= 11 is 1.54. The van der Waals surface area contributed by atoms with E-state index in [1.54, 1.807) is 0 Å². The molecular weight excluding hydrogens is 346 g/mol. The first-order chi connectivity index (χ1) is 11.4. The lowest BCUT2D eigenvalue weighted by molar-refractivity contribution is -0.117. The average Bonchev–Trinajstić information content (AvgIpc) is 2.55. The van der Waals surface area contributed by atoms with Crippen LogP contribution in [0.1, 0.15) is 6.92 Å². The molecule has 1 saturated heterocycles. The van der Waals surface area contributed by atoms with Gasteiger partial charge < -0.3 is 5.32 Å². The van der Waals surface area contributed by atoms with E-state index >= 15 is 0 Å². The summed E-state index contributed by atoms with van der Waals surface area (Å²) in [5.74, 6) is 0.662. The van der Waals surface area contributed by atoms with Crippen LogP contribution in [0.25, 0.3) is 0 Å². The number of thioether (sulfide) groups is 1. The van der Waals surface area contributed by atoms with Gasteiger partial charge in [0.15, 0.2) is 9.84 Å². The zero-order valence-electron chi connectivity index (χ0n) is 13.6. The molecule has 2 rings (SSSR count). The van der Waals surface area contributed by atoms with E-state index in [0.29, 0.717) is 18.8 Å². The first-order valence-electron chi connectivity index (χ1n) is 7.74. The predicted molar refractivity (Wildman–Crippen MR) is 95.7 cm³/mol. The van der Waals surface area contributed by atoms with Gasteiger partial charge in [-0.2, -0.15) is 5.26 Å². The number of para-hydroxylation sites is 1. The summed E-state index contributed by atoms with van der Waals surface area (Å²) < 4.78 is 22.8. The molecule has 1 heterocycles.